The van der Waals surface area contributed by atoms with Gasteiger partial charge >= 0.3 is 0 Å². The molecule has 0 bridgehead atoms. The van der Waals surface area contributed by atoms with Crippen LogP contribution in [0.25, 0.3) is 17.4 Å². The topological polar surface area (TPSA) is 115 Å². The number of ether oxygens (including phenoxy) is 1. The minimum absolute atomic E-state index is 0.186. The molecule has 0 aliphatic heterocycles. The lowest BCUT2D eigenvalue weighted by Crippen LogP contribution is -2.21. The monoisotopic (exact) mass is 417 g/mol. The summed E-state index contributed by atoms with van der Waals surface area (Å²) < 4.78 is 12.1. The second-order valence-electron chi connectivity index (χ2n) is 7.13. The average molecular weight is 417 g/mol. The van der Waals surface area contributed by atoms with E-state index in [1.54, 1.807) is 42.5 Å². The van der Waals surface area contributed by atoms with Gasteiger partial charge in [-0.1, -0.05) is 12.1 Å². The van der Waals surface area contributed by atoms with Gasteiger partial charge in [-0.25, -0.2) is 4.98 Å². The Hall–Kier alpha value is -4.14. The fraction of sp³-hybridized carbons (Fsp3) is 0.182. The van der Waals surface area contributed by atoms with Gasteiger partial charge in [0.05, 0.1) is 24.6 Å². The largest absolute Gasteiger partial charge is 0.496 e. The number of nitrogens with zero attached hydrogens (tertiary/aromatic N) is 3. The van der Waals surface area contributed by atoms with Crippen LogP contribution in [0.15, 0.2) is 57.9 Å². The molecule has 0 spiro atoms. The van der Waals surface area contributed by atoms with E-state index in [0.717, 1.165) is 18.5 Å². The highest BCUT2D eigenvalue weighted by Crippen LogP contribution is 2.26. The van der Waals surface area contributed by atoms with Crippen LogP contribution in [0.5, 0.6) is 5.75 Å². The number of furan rings is 1. The van der Waals surface area contributed by atoms with E-state index >= 15 is 0 Å². The van der Waals surface area contributed by atoms with Crippen molar-refractivity contribution < 1.29 is 13.9 Å². The van der Waals surface area contributed by atoms with Crippen LogP contribution in [-0.2, 0) is 12.8 Å². The molecular formula is C22H19N5O4. The van der Waals surface area contributed by atoms with Gasteiger partial charge in [-0.05, 0) is 43.5 Å². The van der Waals surface area contributed by atoms with Crippen molar-refractivity contribution in [3.8, 4) is 23.2 Å². The van der Waals surface area contributed by atoms with E-state index in [1.807, 2.05) is 0 Å². The number of hydrogen-bond acceptors (Lipinski definition) is 6. The van der Waals surface area contributed by atoms with Crippen LogP contribution in [0, 0.1) is 0 Å². The quantitative estimate of drug-likeness (QED) is 0.516. The van der Waals surface area contributed by atoms with Crippen LogP contribution in [0.1, 0.15) is 28.0 Å². The first-order valence-electron chi connectivity index (χ1n) is 9.85. The highest BCUT2D eigenvalue weighted by molar-refractivity contribution is 6.06. The first kappa shape index (κ1) is 18.9. The van der Waals surface area contributed by atoms with E-state index in [0.29, 0.717) is 40.6 Å². The molecule has 9 heteroatoms. The van der Waals surface area contributed by atoms with Gasteiger partial charge in [0, 0.05) is 11.6 Å². The number of methoxy groups -OCH3 is 1. The Balaban J connectivity index is 1.59. The summed E-state index contributed by atoms with van der Waals surface area (Å²) >= 11 is 0. The molecule has 156 valence electrons. The first-order chi connectivity index (χ1) is 15.1. The van der Waals surface area contributed by atoms with Crippen molar-refractivity contribution in [1.29, 1.82) is 0 Å². The van der Waals surface area contributed by atoms with Crippen LogP contribution in [0.3, 0.4) is 0 Å². The van der Waals surface area contributed by atoms with E-state index in [9.17, 15) is 9.59 Å². The molecule has 4 aromatic rings. The SMILES string of the molecule is COc1ccccc1C(=O)Nc1cc(-c2ccco2)nn1-c1nc2c(c(=O)[nH]1)CCC2. The average Bonchev–Trinajstić information content (AvgIpc) is 3.53. The number of rotatable bonds is 5. The van der Waals surface area contributed by atoms with Gasteiger partial charge in [-0.2, -0.15) is 9.78 Å². The first-order valence-corrected chi connectivity index (χ1v) is 9.85. The van der Waals surface area contributed by atoms with Crippen molar-refractivity contribution in [3.63, 3.8) is 0 Å². The second kappa shape index (κ2) is 7.60. The molecule has 2 N–H and O–H groups in total. The lowest BCUT2D eigenvalue weighted by Gasteiger charge is -2.11. The summed E-state index contributed by atoms with van der Waals surface area (Å²) in [5.41, 5.74) is 2.14. The maximum Gasteiger partial charge on any atom is 0.260 e. The van der Waals surface area contributed by atoms with Crippen molar-refractivity contribution in [3.05, 3.63) is 75.9 Å². The number of aryl methyl sites for hydroxylation is 1. The van der Waals surface area contributed by atoms with Gasteiger partial charge in [-0.15, -0.1) is 0 Å². The minimum atomic E-state index is -0.381. The van der Waals surface area contributed by atoms with Gasteiger partial charge in [0.2, 0.25) is 5.95 Å². The maximum atomic E-state index is 13.0. The van der Waals surface area contributed by atoms with Crippen LogP contribution >= 0.6 is 0 Å². The zero-order valence-electron chi connectivity index (χ0n) is 16.7. The van der Waals surface area contributed by atoms with E-state index in [4.69, 9.17) is 9.15 Å². The van der Waals surface area contributed by atoms with Crippen LogP contribution in [0.4, 0.5) is 5.82 Å². The highest BCUT2D eigenvalue weighted by Gasteiger charge is 2.22. The van der Waals surface area contributed by atoms with Crippen molar-refractivity contribution in [2.75, 3.05) is 12.4 Å². The molecule has 0 unspecified atom stereocenters. The standard InChI is InChI=1S/C22H19N5O4/c1-30-17-9-3-2-6-14(17)21(29)24-19-12-16(18-10-5-11-31-18)26-27(19)22-23-15-8-4-7-13(15)20(28)25-22/h2-3,5-6,9-12H,4,7-8H2,1H3,(H,24,29)(H,23,25,28). The van der Waals surface area contributed by atoms with Gasteiger partial charge in [-0.3, -0.25) is 14.6 Å². The minimum Gasteiger partial charge on any atom is -0.496 e. The molecule has 9 nitrogen and oxygen atoms in total. The Kier molecular flexibility index (Phi) is 4.62. The Morgan fingerprint density at radius 2 is 2.10 bits per heavy atom. The second-order valence-corrected chi connectivity index (χ2v) is 7.13. The molecular weight excluding hydrogens is 398 g/mol. The molecule has 0 saturated heterocycles. The van der Waals surface area contributed by atoms with E-state index in [-0.39, 0.29) is 17.4 Å². The van der Waals surface area contributed by atoms with Gasteiger partial charge in [0.15, 0.2) is 5.76 Å². The molecule has 0 atom stereocenters. The van der Waals surface area contributed by atoms with Crippen molar-refractivity contribution in [2.45, 2.75) is 19.3 Å². The molecule has 3 aromatic heterocycles. The summed E-state index contributed by atoms with van der Waals surface area (Å²) in [5.74, 6) is 1.16. The summed E-state index contributed by atoms with van der Waals surface area (Å²) in [7, 11) is 1.50. The third-order valence-corrected chi connectivity index (χ3v) is 5.21. The third-order valence-electron chi connectivity index (χ3n) is 5.21. The molecule has 31 heavy (non-hydrogen) atoms. The molecule has 3 heterocycles. The smallest absolute Gasteiger partial charge is 0.260 e. The number of para-hydroxylation sites is 1. The molecule has 0 saturated carbocycles. The van der Waals surface area contributed by atoms with Crippen LogP contribution < -0.4 is 15.6 Å². The number of H-pyrrole nitrogens is 1. The number of aromatic nitrogens is 4. The lowest BCUT2D eigenvalue weighted by atomic mass is 10.2. The predicted molar refractivity (Wildman–Crippen MR) is 113 cm³/mol. The van der Waals surface area contributed by atoms with Gasteiger partial charge in [0.25, 0.3) is 11.5 Å². The number of benzene rings is 1. The number of anilines is 1. The summed E-state index contributed by atoms with van der Waals surface area (Å²) in [6.07, 6.45) is 3.88. The number of nitrogens with one attached hydrogen (secondary N) is 2. The highest BCUT2D eigenvalue weighted by atomic mass is 16.5. The normalized spacial score (nSPS) is 12.5. The number of fused-ring (bicyclic) bond motifs is 1. The molecule has 1 amide bonds. The molecule has 1 aromatic carbocycles. The number of aromatic amines is 1. The van der Waals surface area contributed by atoms with Crippen molar-refractivity contribution in [1.82, 2.24) is 19.7 Å². The Bertz CT molecular complexity index is 1320. The van der Waals surface area contributed by atoms with Crippen LogP contribution in [0.2, 0.25) is 0 Å². The van der Waals surface area contributed by atoms with E-state index in [2.05, 4.69) is 20.4 Å². The molecule has 0 radical (unpaired) electrons. The molecule has 1 aliphatic rings. The number of carbonyl (C=O) groups excluding carboxylic acids is 1. The summed E-state index contributed by atoms with van der Waals surface area (Å²) in [6, 6.07) is 12.1. The Morgan fingerprint density at radius 3 is 2.90 bits per heavy atom. The number of carbonyl (C=O) groups is 1. The number of hydrogen-bond donors (Lipinski definition) is 2. The predicted octanol–water partition coefficient (Wildman–Crippen LogP) is 2.97. The van der Waals surface area contributed by atoms with Crippen LogP contribution in [-0.4, -0.2) is 32.8 Å². The molecule has 5 rings (SSSR count). The van der Waals surface area contributed by atoms with Crippen molar-refractivity contribution >= 4 is 11.7 Å². The Morgan fingerprint density at radius 1 is 1.23 bits per heavy atom. The third kappa shape index (κ3) is 3.39. The molecule has 1 aliphatic carbocycles. The van der Waals surface area contributed by atoms with E-state index in [1.165, 1.54) is 18.1 Å². The fourth-order valence-electron chi connectivity index (χ4n) is 3.72. The maximum absolute atomic E-state index is 13.0. The van der Waals surface area contributed by atoms with Crippen molar-refractivity contribution in [2.24, 2.45) is 0 Å². The summed E-state index contributed by atoms with van der Waals surface area (Å²) in [6.45, 7) is 0. The summed E-state index contributed by atoms with van der Waals surface area (Å²) in [5, 5.41) is 7.37. The summed E-state index contributed by atoms with van der Waals surface area (Å²) in [4.78, 5) is 32.9. The van der Waals surface area contributed by atoms with Gasteiger partial charge in [0.1, 0.15) is 17.3 Å². The zero-order chi connectivity index (χ0) is 21.4. The number of amides is 1. The lowest BCUT2D eigenvalue weighted by molar-refractivity contribution is 0.102. The van der Waals surface area contributed by atoms with E-state index < -0.39 is 0 Å². The fourth-order valence-corrected chi connectivity index (χ4v) is 3.72. The Labute approximate surface area is 176 Å². The van der Waals surface area contributed by atoms with Gasteiger partial charge < -0.3 is 14.5 Å². The molecule has 0 fully saturated rings. The zero-order valence-corrected chi connectivity index (χ0v) is 16.7.